The van der Waals surface area contributed by atoms with Gasteiger partial charge in [-0.25, -0.2) is 0 Å². The average molecular weight is 319 g/mol. The third-order valence-corrected chi connectivity index (χ3v) is 4.80. The summed E-state index contributed by atoms with van der Waals surface area (Å²) in [5.74, 6) is 0.365. The van der Waals surface area contributed by atoms with Crippen LogP contribution in [0.5, 0.6) is 0 Å². The van der Waals surface area contributed by atoms with Gasteiger partial charge in [0, 0.05) is 31.2 Å². The standard InChI is InChI=1S/C18H29N3O2/c1-11-15(12(2)20-16(11)13(3)22)17(23)19-9-14-7-8-21(10-14)18(4,5)6/h14,20H,7-10H2,1-6H3,(H,19,23)/t14-/m0/s1. The normalized spacial score (nSPS) is 19.1. The lowest BCUT2D eigenvalue weighted by Gasteiger charge is -2.31. The molecule has 1 aliphatic rings. The van der Waals surface area contributed by atoms with Crippen LogP contribution >= 0.6 is 0 Å². The maximum atomic E-state index is 12.5. The quantitative estimate of drug-likeness (QED) is 0.839. The first-order valence-electron chi connectivity index (χ1n) is 8.34. The highest BCUT2D eigenvalue weighted by atomic mass is 16.1. The van der Waals surface area contributed by atoms with Crippen molar-refractivity contribution in [2.75, 3.05) is 19.6 Å². The summed E-state index contributed by atoms with van der Waals surface area (Å²) in [6.45, 7) is 14.6. The number of H-pyrrole nitrogens is 1. The lowest BCUT2D eigenvalue weighted by Crippen LogP contribution is -2.40. The van der Waals surface area contributed by atoms with E-state index in [0.29, 0.717) is 23.7 Å². The van der Waals surface area contributed by atoms with Crippen LogP contribution in [0.1, 0.15) is 66.2 Å². The summed E-state index contributed by atoms with van der Waals surface area (Å²) in [6.07, 6.45) is 1.11. The van der Waals surface area contributed by atoms with Gasteiger partial charge in [-0.3, -0.25) is 14.5 Å². The second-order valence-corrected chi connectivity index (χ2v) is 7.66. The van der Waals surface area contributed by atoms with E-state index in [0.717, 1.165) is 30.8 Å². The summed E-state index contributed by atoms with van der Waals surface area (Å²) in [6, 6.07) is 0. The zero-order valence-corrected chi connectivity index (χ0v) is 15.2. The zero-order valence-electron chi connectivity index (χ0n) is 15.2. The molecule has 1 fully saturated rings. The molecule has 0 bridgehead atoms. The number of rotatable bonds is 4. The number of aromatic amines is 1. The highest BCUT2D eigenvalue weighted by molar-refractivity contribution is 6.02. The molecule has 23 heavy (non-hydrogen) atoms. The van der Waals surface area contributed by atoms with Crippen molar-refractivity contribution >= 4 is 11.7 Å². The average Bonchev–Trinajstić information content (AvgIpc) is 3.01. The van der Waals surface area contributed by atoms with Gasteiger partial charge in [-0.2, -0.15) is 0 Å². The molecular weight excluding hydrogens is 290 g/mol. The minimum absolute atomic E-state index is 0.0405. The predicted molar refractivity (Wildman–Crippen MR) is 92.0 cm³/mol. The number of aromatic nitrogens is 1. The summed E-state index contributed by atoms with van der Waals surface area (Å²) < 4.78 is 0. The maximum Gasteiger partial charge on any atom is 0.253 e. The maximum absolute atomic E-state index is 12.5. The number of carbonyl (C=O) groups is 2. The number of Topliss-reactive ketones (excluding diaryl/α,β-unsaturated/α-hetero) is 1. The fourth-order valence-corrected chi connectivity index (χ4v) is 3.38. The number of hydrogen-bond donors (Lipinski definition) is 2. The Balaban J connectivity index is 1.98. The SMILES string of the molecule is CC(=O)c1[nH]c(C)c(C(=O)NC[C@@H]2CCN(C(C)(C)C)C2)c1C. The van der Waals surface area contributed by atoms with E-state index >= 15 is 0 Å². The highest BCUT2D eigenvalue weighted by Crippen LogP contribution is 2.24. The number of carbonyl (C=O) groups excluding carboxylic acids is 2. The van der Waals surface area contributed by atoms with E-state index in [1.54, 1.807) is 0 Å². The van der Waals surface area contributed by atoms with Crippen molar-refractivity contribution in [3.05, 3.63) is 22.5 Å². The van der Waals surface area contributed by atoms with E-state index < -0.39 is 0 Å². The highest BCUT2D eigenvalue weighted by Gasteiger charge is 2.30. The predicted octanol–water partition coefficient (Wildman–Crippen LogP) is 2.68. The Kier molecular flexibility index (Phi) is 4.99. The Morgan fingerprint density at radius 1 is 1.30 bits per heavy atom. The lowest BCUT2D eigenvalue weighted by atomic mass is 10.1. The molecule has 0 unspecified atom stereocenters. The molecule has 5 nitrogen and oxygen atoms in total. The number of amides is 1. The number of ketones is 1. The molecular formula is C18H29N3O2. The van der Waals surface area contributed by atoms with Crippen molar-refractivity contribution in [1.82, 2.24) is 15.2 Å². The smallest absolute Gasteiger partial charge is 0.253 e. The number of nitrogens with zero attached hydrogens (tertiary/aromatic N) is 1. The van der Waals surface area contributed by atoms with E-state index in [4.69, 9.17) is 0 Å². The van der Waals surface area contributed by atoms with Crippen LogP contribution in [0.2, 0.25) is 0 Å². The van der Waals surface area contributed by atoms with Gasteiger partial charge in [0.25, 0.3) is 5.91 Å². The van der Waals surface area contributed by atoms with Gasteiger partial charge in [-0.15, -0.1) is 0 Å². The molecule has 2 N–H and O–H groups in total. The van der Waals surface area contributed by atoms with Gasteiger partial charge in [0.1, 0.15) is 0 Å². The summed E-state index contributed by atoms with van der Waals surface area (Å²) in [5, 5.41) is 3.05. The van der Waals surface area contributed by atoms with Crippen molar-refractivity contribution in [3.8, 4) is 0 Å². The van der Waals surface area contributed by atoms with Gasteiger partial charge in [-0.05, 0) is 59.1 Å². The summed E-state index contributed by atoms with van der Waals surface area (Å²) in [4.78, 5) is 29.6. The number of aryl methyl sites for hydroxylation is 1. The largest absolute Gasteiger partial charge is 0.355 e. The molecule has 128 valence electrons. The molecule has 0 aromatic carbocycles. The summed E-state index contributed by atoms with van der Waals surface area (Å²) >= 11 is 0. The van der Waals surface area contributed by atoms with Crippen molar-refractivity contribution in [3.63, 3.8) is 0 Å². The van der Waals surface area contributed by atoms with Crippen molar-refractivity contribution < 1.29 is 9.59 Å². The molecule has 1 amide bonds. The molecule has 5 heteroatoms. The van der Waals surface area contributed by atoms with Crippen molar-refractivity contribution in [2.24, 2.45) is 5.92 Å². The van der Waals surface area contributed by atoms with Crippen LogP contribution in [0.25, 0.3) is 0 Å². The third kappa shape index (κ3) is 3.83. The van der Waals surface area contributed by atoms with Crippen LogP contribution in [0.3, 0.4) is 0 Å². The number of likely N-dealkylation sites (tertiary alicyclic amines) is 1. The van der Waals surface area contributed by atoms with Gasteiger partial charge >= 0.3 is 0 Å². The molecule has 1 atom stereocenters. The molecule has 0 aliphatic carbocycles. The van der Waals surface area contributed by atoms with Gasteiger partial charge in [0.05, 0.1) is 11.3 Å². The van der Waals surface area contributed by atoms with Crippen LogP contribution in [-0.2, 0) is 0 Å². The topological polar surface area (TPSA) is 65.2 Å². The van der Waals surface area contributed by atoms with Crippen LogP contribution in [0.4, 0.5) is 0 Å². The Morgan fingerprint density at radius 2 is 1.96 bits per heavy atom. The molecule has 0 spiro atoms. The van der Waals surface area contributed by atoms with Crippen LogP contribution in [0.15, 0.2) is 0 Å². The molecule has 1 aromatic heterocycles. The summed E-state index contributed by atoms with van der Waals surface area (Å²) in [7, 11) is 0. The van der Waals surface area contributed by atoms with Crippen molar-refractivity contribution in [2.45, 2.75) is 53.5 Å². The van der Waals surface area contributed by atoms with Gasteiger partial charge in [-0.1, -0.05) is 0 Å². The van der Waals surface area contributed by atoms with Gasteiger partial charge in [0.15, 0.2) is 5.78 Å². The first-order valence-corrected chi connectivity index (χ1v) is 8.34. The molecule has 1 aromatic rings. The molecule has 0 radical (unpaired) electrons. The Bertz CT molecular complexity index is 611. The number of hydrogen-bond acceptors (Lipinski definition) is 3. The van der Waals surface area contributed by atoms with Gasteiger partial charge in [0.2, 0.25) is 0 Å². The van der Waals surface area contributed by atoms with Crippen LogP contribution in [0, 0.1) is 19.8 Å². The molecule has 0 saturated carbocycles. The molecule has 1 aliphatic heterocycles. The second-order valence-electron chi connectivity index (χ2n) is 7.66. The zero-order chi connectivity index (χ0) is 17.4. The van der Waals surface area contributed by atoms with Crippen LogP contribution in [-0.4, -0.2) is 46.7 Å². The third-order valence-electron chi connectivity index (χ3n) is 4.80. The monoisotopic (exact) mass is 319 g/mol. The van der Waals surface area contributed by atoms with E-state index in [-0.39, 0.29) is 17.2 Å². The first-order chi connectivity index (χ1) is 10.6. The van der Waals surface area contributed by atoms with Crippen molar-refractivity contribution in [1.29, 1.82) is 0 Å². The van der Waals surface area contributed by atoms with E-state index in [1.165, 1.54) is 6.92 Å². The first kappa shape index (κ1) is 17.7. The van der Waals surface area contributed by atoms with E-state index in [1.807, 2.05) is 13.8 Å². The Hall–Kier alpha value is -1.62. The Morgan fingerprint density at radius 3 is 2.43 bits per heavy atom. The Labute approximate surface area is 138 Å². The number of nitrogens with one attached hydrogen (secondary N) is 2. The van der Waals surface area contributed by atoms with E-state index in [2.05, 4.69) is 36.0 Å². The minimum atomic E-state index is -0.0852. The molecule has 1 saturated heterocycles. The molecule has 2 heterocycles. The fraction of sp³-hybridized carbons (Fsp3) is 0.667. The lowest BCUT2D eigenvalue weighted by molar-refractivity contribution is 0.0944. The summed E-state index contributed by atoms with van der Waals surface area (Å²) in [5.41, 5.74) is 2.83. The molecule has 2 rings (SSSR count). The van der Waals surface area contributed by atoms with E-state index in [9.17, 15) is 9.59 Å². The minimum Gasteiger partial charge on any atom is -0.355 e. The second kappa shape index (κ2) is 6.48. The fourth-order valence-electron chi connectivity index (χ4n) is 3.38. The van der Waals surface area contributed by atoms with Gasteiger partial charge < -0.3 is 10.3 Å². The van der Waals surface area contributed by atoms with Crippen LogP contribution < -0.4 is 5.32 Å².